The second-order valence-electron chi connectivity index (χ2n) is 4.14. The zero-order chi connectivity index (χ0) is 14.8. The normalized spacial score (nSPS) is 10.2. The Morgan fingerprint density at radius 3 is 2.80 bits per heavy atom. The second-order valence-corrected chi connectivity index (χ2v) is 5.25. The minimum Gasteiger partial charge on any atom is -0.481 e. The standard InChI is InChI=1S/C14H19NO4S/c1-19-8-9-20-10-13(16)15-12-5-3-2-4-11(12)6-7-14(17)18/h2-5H,6-10H2,1H3,(H,15,16)(H,17,18). The summed E-state index contributed by atoms with van der Waals surface area (Å²) in [4.78, 5) is 22.4. The lowest BCUT2D eigenvalue weighted by molar-refractivity contribution is -0.136. The molecule has 0 aliphatic heterocycles. The molecule has 20 heavy (non-hydrogen) atoms. The molecule has 2 N–H and O–H groups in total. The van der Waals surface area contributed by atoms with Gasteiger partial charge in [-0.25, -0.2) is 0 Å². The van der Waals surface area contributed by atoms with Gasteiger partial charge in [-0.05, 0) is 18.1 Å². The third kappa shape index (κ3) is 6.58. The number of hydrogen-bond donors (Lipinski definition) is 2. The van der Waals surface area contributed by atoms with Crippen molar-refractivity contribution in [2.45, 2.75) is 12.8 Å². The third-order valence-electron chi connectivity index (χ3n) is 2.56. The Hall–Kier alpha value is -1.53. The first kappa shape index (κ1) is 16.5. The SMILES string of the molecule is COCCSCC(=O)Nc1ccccc1CCC(=O)O. The number of anilines is 1. The molecule has 0 bridgehead atoms. The number of carbonyl (C=O) groups excluding carboxylic acids is 1. The number of para-hydroxylation sites is 1. The monoisotopic (exact) mass is 297 g/mol. The molecule has 0 radical (unpaired) electrons. The quantitative estimate of drug-likeness (QED) is 0.682. The van der Waals surface area contributed by atoms with Crippen molar-refractivity contribution in [1.29, 1.82) is 0 Å². The minimum absolute atomic E-state index is 0.0511. The second kappa shape index (κ2) is 9.39. The molecule has 0 aliphatic rings. The molecule has 0 aromatic heterocycles. The van der Waals surface area contributed by atoms with Gasteiger partial charge in [-0.15, -0.1) is 11.8 Å². The van der Waals surface area contributed by atoms with Crippen molar-refractivity contribution in [3.05, 3.63) is 29.8 Å². The van der Waals surface area contributed by atoms with Gasteiger partial charge >= 0.3 is 5.97 Å². The summed E-state index contributed by atoms with van der Waals surface area (Å²) in [7, 11) is 1.62. The summed E-state index contributed by atoms with van der Waals surface area (Å²) < 4.78 is 4.91. The van der Waals surface area contributed by atoms with Crippen molar-refractivity contribution in [2.75, 3.05) is 30.5 Å². The number of thioether (sulfide) groups is 1. The highest BCUT2D eigenvalue weighted by Crippen LogP contribution is 2.17. The van der Waals surface area contributed by atoms with E-state index >= 15 is 0 Å². The fourth-order valence-electron chi connectivity index (χ4n) is 1.60. The van der Waals surface area contributed by atoms with Gasteiger partial charge < -0.3 is 15.2 Å². The fraction of sp³-hybridized carbons (Fsp3) is 0.429. The van der Waals surface area contributed by atoms with Gasteiger partial charge in [-0.1, -0.05) is 18.2 Å². The molecular weight excluding hydrogens is 278 g/mol. The van der Waals surface area contributed by atoms with Gasteiger partial charge in [0.1, 0.15) is 0 Å². The van der Waals surface area contributed by atoms with Crippen molar-refractivity contribution >= 4 is 29.3 Å². The van der Waals surface area contributed by atoms with E-state index in [1.165, 1.54) is 11.8 Å². The van der Waals surface area contributed by atoms with Crippen LogP contribution in [0.5, 0.6) is 0 Å². The molecule has 1 amide bonds. The zero-order valence-corrected chi connectivity index (χ0v) is 12.2. The molecule has 1 aromatic rings. The summed E-state index contributed by atoms with van der Waals surface area (Å²) in [6, 6.07) is 7.27. The maximum absolute atomic E-state index is 11.8. The van der Waals surface area contributed by atoms with Crippen molar-refractivity contribution in [3.8, 4) is 0 Å². The predicted octanol–water partition coefficient (Wildman–Crippen LogP) is 2.02. The molecule has 0 spiro atoms. The molecule has 0 aliphatic carbocycles. The fourth-order valence-corrected chi connectivity index (χ4v) is 2.28. The zero-order valence-electron chi connectivity index (χ0n) is 11.4. The Morgan fingerprint density at radius 1 is 1.35 bits per heavy atom. The topological polar surface area (TPSA) is 75.6 Å². The number of benzene rings is 1. The number of amides is 1. The van der Waals surface area contributed by atoms with E-state index in [0.29, 0.717) is 24.5 Å². The van der Waals surface area contributed by atoms with Gasteiger partial charge in [0, 0.05) is 25.0 Å². The molecule has 5 nitrogen and oxygen atoms in total. The highest BCUT2D eigenvalue weighted by atomic mass is 32.2. The van der Waals surface area contributed by atoms with Crippen LogP contribution >= 0.6 is 11.8 Å². The summed E-state index contributed by atoms with van der Waals surface area (Å²) in [5.41, 5.74) is 1.52. The lowest BCUT2D eigenvalue weighted by Crippen LogP contribution is -2.16. The van der Waals surface area contributed by atoms with Gasteiger partial charge in [0.05, 0.1) is 12.4 Å². The number of carboxylic acid groups (broad SMARTS) is 1. The van der Waals surface area contributed by atoms with Gasteiger partial charge in [-0.2, -0.15) is 0 Å². The number of aryl methyl sites for hydroxylation is 1. The van der Waals surface area contributed by atoms with Crippen molar-refractivity contribution in [1.82, 2.24) is 0 Å². The summed E-state index contributed by atoms with van der Waals surface area (Å²) in [5.74, 6) is 0.191. The summed E-state index contributed by atoms with van der Waals surface area (Å²) in [6.45, 7) is 0.618. The van der Waals surface area contributed by atoms with Crippen LogP contribution in [0, 0.1) is 0 Å². The van der Waals surface area contributed by atoms with Crippen molar-refractivity contribution < 1.29 is 19.4 Å². The van der Waals surface area contributed by atoms with Crippen LogP contribution in [0.15, 0.2) is 24.3 Å². The highest BCUT2D eigenvalue weighted by molar-refractivity contribution is 7.99. The number of hydrogen-bond acceptors (Lipinski definition) is 4. The molecule has 110 valence electrons. The van der Waals surface area contributed by atoms with E-state index < -0.39 is 5.97 Å². The molecule has 0 atom stereocenters. The van der Waals surface area contributed by atoms with Crippen LogP contribution < -0.4 is 5.32 Å². The van der Waals surface area contributed by atoms with Crippen LogP contribution in [0.25, 0.3) is 0 Å². The molecular formula is C14H19NO4S. The lowest BCUT2D eigenvalue weighted by Gasteiger charge is -2.10. The van der Waals surface area contributed by atoms with Crippen LogP contribution in [0.1, 0.15) is 12.0 Å². The van der Waals surface area contributed by atoms with Gasteiger partial charge in [-0.3, -0.25) is 9.59 Å². The number of rotatable bonds is 9. The van der Waals surface area contributed by atoms with Crippen molar-refractivity contribution in [3.63, 3.8) is 0 Å². The largest absolute Gasteiger partial charge is 0.481 e. The maximum Gasteiger partial charge on any atom is 0.303 e. The van der Waals surface area contributed by atoms with Crippen LogP contribution in [-0.4, -0.2) is 42.2 Å². The summed E-state index contributed by atoms with van der Waals surface area (Å²) in [6.07, 6.45) is 0.456. The van der Waals surface area contributed by atoms with E-state index in [9.17, 15) is 9.59 Å². The Morgan fingerprint density at radius 2 is 2.10 bits per heavy atom. The van der Waals surface area contributed by atoms with Crippen LogP contribution in [0.4, 0.5) is 5.69 Å². The molecule has 1 rings (SSSR count). The Kier molecular flexibility index (Phi) is 7.75. The molecule has 0 fully saturated rings. The molecule has 0 saturated heterocycles. The number of ether oxygens (including phenoxy) is 1. The first-order valence-corrected chi connectivity index (χ1v) is 7.45. The number of methoxy groups -OCH3 is 1. The summed E-state index contributed by atoms with van der Waals surface area (Å²) >= 11 is 1.50. The Balaban J connectivity index is 2.49. The average Bonchev–Trinajstić information content (AvgIpc) is 2.42. The van der Waals surface area contributed by atoms with E-state index in [0.717, 1.165) is 11.3 Å². The number of carbonyl (C=O) groups is 2. The highest BCUT2D eigenvalue weighted by Gasteiger charge is 2.08. The van der Waals surface area contributed by atoms with Gasteiger partial charge in [0.25, 0.3) is 0 Å². The van der Waals surface area contributed by atoms with Crippen LogP contribution in [-0.2, 0) is 20.7 Å². The predicted molar refractivity (Wildman–Crippen MR) is 80.2 cm³/mol. The van der Waals surface area contributed by atoms with Crippen LogP contribution in [0.2, 0.25) is 0 Å². The Bertz CT molecular complexity index is 451. The van der Waals surface area contributed by atoms with E-state index in [1.54, 1.807) is 13.2 Å². The molecule has 1 aromatic carbocycles. The average molecular weight is 297 g/mol. The van der Waals surface area contributed by atoms with E-state index in [1.807, 2.05) is 18.2 Å². The Labute approximate surface area is 122 Å². The third-order valence-corrected chi connectivity index (χ3v) is 3.49. The minimum atomic E-state index is -0.846. The molecule has 0 saturated carbocycles. The number of aliphatic carboxylic acids is 1. The van der Waals surface area contributed by atoms with E-state index in [4.69, 9.17) is 9.84 Å². The van der Waals surface area contributed by atoms with Gasteiger partial charge in [0.15, 0.2) is 0 Å². The molecule has 0 unspecified atom stereocenters. The number of nitrogens with one attached hydrogen (secondary N) is 1. The van der Waals surface area contributed by atoms with E-state index in [2.05, 4.69) is 5.32 Å². The first-order valence-electron chi connectivity index (χ1n) is 6.29. The lowest BCUT2D eigenvalue weighted by atomic mass is 10.1. The van der Waals surface area contributed by atoms with Crippen molar-refractivity contribution in [2.24, 2.45) is 0 Å². The molecule has 0 heterocycles. The number of carboxylic acids is 1. The maximum atomic E-state index is 11.8. The van der Waals surface area contributed by atoms with E-state index in [-0.39, 0.29) is 12.3 Å². The summed E-state index contributed by atoms with van der Waals surface area (Å²) in [5, 5.41) is 11.5. The van der Waals surface area contributed by atoms with Gasteiger partial charge in [0.2, 0.25) is 5.91 Å². The smallest absolute Gasteiger partial charge is 0.303 e. The van der Waals surface area contributed by atoms with Crippen LogP contribution in [0.3, 0.4) is 0 Å². The first-order chi connectivity index (χ1) is 9.63. The molecule has 6 heteroatoms.